The Hall–Kier alpha value is -13.2. The average Bonchev–Trinajstić information content (AvgIpc) is 1.58. The zero-order valence-corrected chi connectivity index (χ0v) is 58.7. The number of hydrogen-bond acceptors (Lipinski definition) is 4. The quantitative estimate of drug-likeness (QED) is 0.0904. The van der Waals surface area contributed by atoms with E-state index >= 15 is 0 Å². The first-order chi connectivity index (χ1) is 52.1. The Labute approximate surface area is 617 Å². The molecule has 0 atom stereocenters. The molecule has 0 saturated heterocycles. The number of aromatic nitrogens is 8. The Morgan fingerprint density at radius 1 is 0.245 bits per heavy atom. The third-order valence-electron chi connectivity index (χ3n) is 23.5. The van der Waals surface area contributed by atoms with Crippen molar-refractivity contribution in [1.82, 2.24) is 38.2 Å². The highest BCUT2D eigenvalue weighted by molar-refractivity contribution is 5.86. The molecule has 0 amide bonds. The number of hydrogen-bond donors (Lipinski definition) is 0. The van der Waals surface area contributed by atoms with Crippen LogP contribution in [0.4, 0.5) is 0 Å². The van der Waals surface area contributed by atoms with Gasteiger partial charge in [0.25, 0.3) is 0 Å². The minimum atomic E-state index is -0.301. The van der Waals surface area contributed by atoms with Crippen LogP contribution in [0.3, 0.4) is 0 Å². The SMILES string of the molecule is C#Cc1ccc2nc(-c3ccc(C45CC6(c7ccc(-c8nc9ccc(C#C)cc9n8Cc8ccccc8)cc7)CC(c7ccc(-c8nc9ccc(C#C)cc9n8Cc8ccccc8)cc7)(C4)CC(c4ccc(-c7nc8ccc(C#C)cc8n7Cc7ccccc7)cc4)(C5)C6)cc3)n(Cc3ccccc3)c2c1. The fourth-order valence-electron chi connectivity index (χ4n) is 19.2. The van der Waals surface area contributed by atoms with Crippen molar-refractivity contribution in [3.05, 3.63) is 358 Å². The minimum Gasteiger partial charge on any atom is -0.319 e. The predicted octanol–water partition coefficient (Wildman–Crippen LogP) is 20.3. The van der Waals surface area contributed by atoms with Gasteiger partial charge in [-0.25, -0.2) is 19.9 Å². The largest absolute Gasteiger partial charge is 0.319 e. The Bertz CT molecular complexity index is 5470. The van der Waals surface area contributed by atoms with Crippen molar-refractivity contribution in [3.63, 3.8) is 0 Å². The van der Waals surface area contributed by atoms with Crippen molar-refractivity contribution >= 4 is 44.1 Å². The Balaban J connectivity index is 0.793. The second-order valence-corrected chi connectivity index (χ2v) is 29.9. The summed E-state index contributed by atoms with van der Waals surface area (Å²) in [7, 11) is 0. The van der Waals surface area contributed by atoms with Crippen molar-refractivity contribution in [2.24, 2.45) is 0 Å². The van der Waals surface area contributed by atoms with Gasteiger partial charge in [-0.1, -0.05) is 242 Å². The van der Waals surface area contributed by atoms with Gasteiger partial charge in [-0.05, 0) is 177 Å². The second-order valence-electron chi connectivity index (χ2n) is 29.9. The van der Waals surface area contributed by atoms with E-state index < -0.39 is 0 Å². The van der Waals surface area contributed by atoms with Crippen LogP contribution in [0.2, 0.25) is 0 Å². The molecule has 504 valence electrons. The summed E-state index contributed by atoms with van der Waals surface area (Å²) in [6, 6.07) is 106. The molecule has 4 aliphatic carbocycles. The molecular formula is C98H72N8. The molecule has 4 bridgehead atoms. The maximum Gasteiger partial charge on any atom is 0.141 e. The summed E-state index contributed by atoms with van der Waals surface area (Å²) in [6.07, 6.45) is 30.1. The zero-order valence-electron chi connectivity index (χ0n) is 58.7. The molecule has 4 heterocycles. The van der Waals surface area contributed by atoms with Crippen LogP contribution >= 0.6 is 0 Å². The first-order valence-electron chi connectivity index (χ1n) is 36.5. The Kier molecular flexibility index (Phi) is 15.2. The van der Waals surface area contributed by atoms with Crippen LogP contribution in [0.5, 0.6) is 0 Å². The van der Waals surface area contributed by atoms with Crippen LogP contribution in [0.1, 0.15) is 105 Å². The molecule has 16 aromatic rings. The summed E-state index contributed by atoms with van der Waals surface area (Å²) in [4.78, 5) is 21.6. The number of benzene rings is 12. The van der Waals surface area contributed by atoms with Crippen molar-refractivity contribution in [1.29, 1.82) is 0 Å². The van der Waals surface area contributed by atoms with Crippen molar-refractivity contribution in [2.45, 2.75) is 86.4 Å². The standard InChI is InChI=1S/C98H72N8/c1-5-67-29-49-83-87(53-67)103(57-71-21-13-9-14-22-71)91(99-83)75-33-41-79(42-34-75)95-61-96(80-43-35-76(36-44-80)92-100-84-50-30-68(6-2)54-88(84)104(92)58-72-23-15-10-16-24-72)64-97(62-95,81-45-37-77(38-46-81)93-101-85-51-31-69(7-3)55-89(85)105(93)59-73-25-17-11-18-26-73)66-98(63-95,65-96)82-47-39-78(40-48-82)94-102-86-52-32-70(8-4)56-90(86)106(94)60-74-27-19-12-20-28-74/h1-4,9-56H,57-66H2. The number of nitrogens with zero attached hydrogens (tertiary/aromatic N) is 8. The van der Waals surface area contributed by atoms with Gasteiger partial charge < -0.3 is 18.3 Å². The van der Waals surface area contributed by atoms with Crippen LogP contribution in [-0.2, 0) is 47.8 Å². The zero-order chi connectivity index (χ0) is 71.1. The summed E-state index contributed by atoms with van der Waals surface area (Å²) in [5.41, 5.74) is 24.2. The van der Waals surface area contributed by atoms with E-state index in [1.807, 2.05) is 24.3 Å². The van der Waals surface area contributed by atoms with E-state index in [1.165, 1.54) is 44.5 Å². The maximum absolute atomic E-state index is 6.08. The number of imidazole rings is 4. The van der Waals surface area contributed by atoms with Gasteiger partial charge >= 0.3 is 0 Å². The molecule has 8 nitrogen and oxygen atoms in total. The highest BCUT2D eigenvalue weighted by Crippen LogP contribution is 2.75. The highest BCUT2D eigenvalue weighted by Gasteiger charge is 2.69. The molecule has 0 unspecified atom stereocenters. The second kappa shape index (κ2) is 25.3. The van der Waals surface area contributed by atoms with Crippen LogP contribution in [0.25, 0.3) is 89.7 Å². The molecule has 0 N–H and O–H groups in total. The lowest BCUT2D eigenvalue weighted by atomic mass is 9.32. The minimum absolute atomic E-state index is 0.301. The van der Waals surface area contributed by atoms with Gasteiger partial charge in [0, 0.05) is 70.7 Å². The third kappa shape index (κ3) is 10.9. The molecule has 0 aliphatic heterocycles. The van der Waals surface area contributed by atoms with Crippen LogP contribution in [-0.4, -0.2) is 38.2 Å². The van der Waals surface area contributed by atoms with E-state index in [0.29, 0.717) is 26.2 Å². The molecule has 4 aromatic heterocycles. The summed E-state index contributed by atoms with van der Waals surface area (Å²) in [6.45, 7) is 2.57. The monoisotopic (exact) mass is 1360 g/mol. The number of terminal acetylenes is 4. The van der Waals surface area contributed by atoms with Gasteiger partial charge in [-0.3, -0.25) is 0 Å². The first kappa shape index (κ1) is 63.7. The van der Waals surface area contributed by atoms with E-state index in [4.69, 9.17) is 45.6 Å². The lowest BCUT2D eigenvalue weighted by Gasteiger charge is -2.71. The average molecular weight is 1360 g/mol. The fourth-order valence-corrected chi connectivity index (χ4v) is 19.2. The molecule has 4 aliphatic rings. The normalized spacial score (nSPS) is 18.6. The predicted molar refractivity (Wildman–Crippen MR) is 429 cm³/mol. The van der Waals surface area contributed by atoms with Crippen LogP contribution in [0, 0.1) is 49.4 Å². The molecule has 0 radical (unpaired) electrons. The van der Waals surface area contributed by atoms with Gasteiger partial charge in [0.15, 0.2) is 0 Å². The van der Waals surface area contributed by atoms with E-state index in [9.17, 15) is 0 Å². The van der Waals surface area contributed by atoms with Crippen molar-refractivity contribution < 1.29 is 0 Å². The molecular weight excluding hydrogens is 1290 g/mol. The van der Waals surface area contributed by atoms with Crippen molar-refractivity contribution in [3.8, 4) is 94.9 Å². The molecule has 106 heavy (non-hydrogen) atoms. The summed E-state index contributed by atoms with van der Waals surface area (Å²) in [5.74, 6) is 15.2. The van der Waals surface area contributed by atoms with Gasteiger partial charge in [0.05, 0.1) is 44.1 Å². The molecule has 20 rings (SSSR count). The number of rotatable bonds is 16. The summed E-state index contributed by atoms with van der Waals surface area (Å²) >= 11 is 0. The van der Waals surface area contributed by atoms with E-state index in [0.717, 1.165) is 150 Å². The third-order valence-corrected chi connectivity index (χ3v) is 23.5. The topological polar surface area (TPSA) is 71.3 Å². The van der Waals surface area contributed by atoms with E-state index in [-0.39, 0.29) is 21.7 Å². The summed E-state index contributed by atoms with van der Waals surface area (Å²) < 4.78 is 9.35. The molecule has 12 aromatic carbocycles. The van der Waals surface area contributed by atoms with Crippen LogP contribution in [0.15, 0.2) is 291 Å². The van der Waals surface area contributed by atoms with Gasteiger partial charge in [0.2, 0.25) is 0 Å². The smallest absolute Gasteiger partial charge is 0.141 e. The molecule has 8 heteroatoms. The molecule has 4 fully saturated rings. The fraction of sp³-hybridized carbons (Fsp3) is 0.143. The molecule has 0 spiro atoms. The van der Waals surface area contributed by atoms with Gasteiger partial charge in [-0.15, -0.1) is 25.7 Å². The van der Waals surface area contributed by atoms with Gasteiger partial charge in [-0.2, -0.15) is 0 Å². The Morgan fingerprint density at radius 3 is 0.632 bits per heavy atom. The van der Waals surface area contributed by atoms with E-state index in [2.05, 4.69) is 309 Å². The lowest BCUT2D eigenvalue weighted by molar-refractivity contribution is -0.0691. The van der Waals surface area contributed by atoms with Gasteiger partial charge in [0.1, 0.15) is 23.3 Å². The highest BCUT2D eigenvalue weighted by atomic mass is 15.1. The van der Waals surface area contributed by atoms with Crippen LogP contribution < -0.4 is 0 Å². The summed E-state index contributed by atoms with van der Waals surface area (Å²) in [5, 5.41) is 0. The number of fused-ring (bicyclic) bond motifs is 4. The maximum atomic E-state index is 6.08. The lowest BCUT2D eigenvalue weighted by Crippen LogP contribution is -2.67. The van der Waals surface area contributed by atoms with E-state index in [1.54, 1.807) is 0 Å². The van der Waals surface area contributed by atoms with Crippen molar-refractivity contribution in [2.75, 3.05) is 0 Å². The molecule has 4 saturated carbocycles. The Morgan fingerprint density at radius 2 is 0.443 bits per heavy atom. The first-order valence-corrected chi connectivity index (χ1v) is 36.5.